The summed E-state index contributed by atoms with van der Waals surface area (Å²) in [6.45, 7) is 0.0298. The van der Waals surface area contributed by atoms with Gasteiger partial charge in [0.15, 0.2) is 5.78 Å². The van der Waals surface area contributed by atoms with Crippen LogP contribution in [0, 0.1) is 23.1 Å². The Bertz CT molecular complexity index is 1640. The largest absolute Gasteiger partial charge is 0.481 e. The number of alkyl halides is 3. The summed E-state index contributed by atoms with van der Waals surface area (Å²) in [6, 6.07) is 8.81. The van der Waals surface area contributed by atoms with Gasteiger partial charge in [-0.05, 0) is 73.9 Å². The Morgan fingerprint density at radius 1 is 1.13 bits per heavy atom. The van der Waals surface area contributed by atoms with Gasteiger partial charge in [-0.2, -0.15) is 13.2 Å². The smallest absolute Gasteiger partial charge is 0.416 e. The van der Waals surface area contributed by atoms with Crippen LogP contribution in [0.5, 0.6) is 5.19 Å². The second kappa shape index (κ2) is 12.8. The number of para-hydroxylation sites is 1. The van der Waals surface area contributed by atoms with E-state index in [1.807, 2.05) is 36.4 Å². The summed E-state index contributed by atoms with van der Waals surface area (Å²) in [5.41, 5.74) is -1.58. The van der Waals surface area contributed by atoms with Gasteiger partial charge in [0.1, 0.15) is 11.9 Å². The Balaban J connectivity index is 1.31. The van der Waals surface area contributed by atoms with Gasteiger partial charge in [-0.15, -0.1) is 0 Å². The predicted molar refractivity (Wildman–Crippen MR) is 163 cm³/mol. The molecule has 3 aliphatic rings. The molecule has 1 N–H and O–H groups in total. The first-order valence-corrected chi connectivity index (χ1v) is 16.4. The number of rotatable bonds is 5. The van der Waals surface area contributed by atoms with Crippen molar-refractivity contribution in [1.82, 2.24) is 9.88 Å². The molecule has 0 unspecified atom stereocenters. The molecule has 46 heavy (non-hydrogen) atoms. The quantitative estimate of drug-likeness (QED) is 0.230. The van der Waals surface area contributed by atoms with E-state index in [0.717, 1.165) is 35.2 Å². The summed E-state index contributed by atoms with van der Waals surface area (Å²) in [4.78, 5) is 46.5. The highest BCUT2D eigenvalue weighted by Gasteiger charge is 2.61. The lowest BCUT2D eigenvalue weighted by molar-refractivity contribution is -0.147. The van der Waals surface area contributed by atoms with E-state index in [1.54, 1.807) is 0 Å². The number of hydrogen-bond acceptors (Lipinski definition) is 6. The number of halogens is 4. The standard InChI is InChI=1S/C34H34F4N2O5S/c35-24-14-20(13-23(15-24)34(36,37)38)12-21-8-4-2-1-3-5-9-22-17-33(22,31(43)44)18-28(41)27-16-25(19-40(27)30(21)42)45-32-39-26-10-6-7-11-29(26)46-32/h5-7,9-11,13-15,21-22,25,27H,1-4,8,12,16-19H2,(H,43,44)/b9-5-/t21-,22+,25-,27+,33-/m1/s1. The van der Waals surface area contributed by atoms with Gasteiger partial charge in [0.25, 0.3) is 5.19 Å². The third-order valence-corrected chi connectivity index (χ3v) is 10.3. The van der Waals surface area contributed by atoms with Crippen molar-refractivity contribution in [2.75, 3.05) is 6.54 Å². The number of nitrogens with zero attached hydrogens (tertiary/aromatic N) is 2. The van der Waals surface area contributed by atoms with E-state index in [4.69, 9.17) is 4.74 Å². The van der Waals surface area contributed by atoms with E-state index in [-0.39, 0.29) is 43.1 Å². The zero-order valence-corrected chi connectivity index (χ0v) is 25.8. The maximum Gasteiger partial charge on any atom is 0.416 e. The monoisotopic (exact) mass is 658 g/mol. The highest BCUT2D eigenvalue weighted by atomic mass is 32.1. The van der Waals surface area contributed by atoms with Gasteiger partial charge in [-0.1, -0.05) is 48.5 Å². The molecular formula is C34H34F4N2O5S. The summed E-state index contributed by atoms with van der Waals surface area (Å²) < 4.78 is 61.9. The van der Waals surface area contributed by atoms with E-state index in [0.29, 0.717) is 36.9 Å². The molecule has 1 amide bonds. The summed E-state index contributed by atoms with van der Waals surface area (Å²) in [7, 11) is 0. The van der Waals surface area contributed by atoms with Crippen molar-refractivity contribution in [3.8, 4) is 5.19 Å². The highest BCUT2D eigenvalue weighted by Crippen LogP contribution is 2.57. The van der Waals surface area contributed by atoms with Gasteiger partial charge in [-0.25, -0.2) is 9.37 Å². The molecule has 2 aliphatic heterocycles. The lowest BCUT2D eigenvalue weighted by Gasteiger charge is -2.29. The zero-order chi connectivity index (χ0) is 32.6. The van der Waals surface area contributed by atoms with Crippen LogP contribution in [0.15, 0.2) is 54.6 Å². The predicted octanol–water partition coefficient (Wildman–Crippen LogP) is 7.23. The normalized spacial score (nSPS) is 28.2. The molecule has 0 spiro atoms. The van der Waals surface area contributed by atoms with Crippen LogP contribution in [0.1, 0.15) is 62.5 Å². The maximum absolute atomic E-state index is 14.3. The second-order valence-corrected chi connectivity index (χ2v) is 13.7. The molecule has 0 radical (unpaired) electrons. The van der Waals surface area contributed by atoms with E-state index < -0.39 is 52.9 Å². The molecule has 2 fully saturated rings. The average Bonchev–Trinajstić information content (AvgIpc) is 3.31. The molecule has 12 heteroatoms. The number of Topliss-reactive ketones (excluding diaryl/α,β-unsaturated/α-hetero) is 1. The minimum atomic E-state index is -4.76. The molecule has 1 saturated carbocycles. The number of ketones is 1. The number of benzene rings is 2. The Hall–Kier alpha value is -3.80. The molecule has 5 atom stereocenters. The number of aromatic nitrogens is 1. The molecule has 0 bridgehead atoms. The Labute approximate surface area is 267 Å². The third kappa shape index (κ3) is 6.82. The van der Waals surface area contributed by atoms with Crippen LogP contribution in [0.3, 0.4) is 0 Å². The van der Waals surface area contributed by atoms with Crippen molar-refractivity contribution in [3.05, 3.63) is 71.6 Å². The highest BCUT2D eigenvalue weighted by molar-refractivity contribution is 7.20. The van der Waals surface area contributed by atoms with Crippen LogP contribution in [-0.2, 0) is 27.0 Å². The van der Waals surface area contributed by atoms with Crippen LogP contribution >= 0.6 is 11.3 Å². The van der Waals surface area contributed by atoms with Crippen molar-refractivity contribution in [2.24, 2.45) is 17.3 Å². The molecule has 1 saturated heterocycles. The summed E-state index contributed by atoms with van der Waals surface area (Å²) in [6.07, 6.45) is 1.70. The first kappa shape index (κ1) is 32.2. The number of carboxylic acids is 1. The Morgan fingerprint density at radius 2 is 1.93 bits per heavy atom. The Kier molecular flexibility index (Phi) is 8.93. The number of hydrogen-bond donors (Lipinski definition) is 1. The topological polar surface area (TPSA) is 96.8 Å². The van der Waals surface area contributed by atoms with Crippen molar-refractivity contribution >= 4 is 39.2 Å². The van der Waals surface area contributed by atoms with E-state index >= 15 is 0 Å². The molecule has 2 aromatic carbocycles. The van der Waals surface area contributed by atoms with Crippen LogP contribution in [0.4, 0.5) is 17.6 Å². The molecule has 3 aromatic rings. The number of aliphatic carboxylic acids is 1. The van der Waals surface area contributed by atoms with Gasteiger partial charge >= 0.3 is 12.1 Å². The van der Waals surface area contributed by atoms with Crippen molar-refractivity contribution in [2.45, 2.75) is 76.1 Å². The fraction of sp³-hybridized carbons (Fsp3) is 0.471. The summed E-state index contributed by atoms with van der Waals surface area (Å²) >= 11 is 1.33. The fourth-order valence-electron chi connectivity index (χ4n) is 6.87. The molecule has 3 heterocycles. The first-order chi connectivity index (χ1) is 21.9. The molecule has 1 aromatic heterocycles. The Morgan fingerprint density at radius 3 is 2.70 bits per heavy atom. The number of carboxylic acid groups (broad SMARTS) is 1. The lowest BCUT2D eigenvalue weighted by Crippen LogP contribution is -2.45. The lowest BCUT2D eigenvalue weighted by atomic mass is 9.90. The van der Waals surface area contributed by atoms with Gasteiger partial charge in [0.2, 0.25) is 5.91 Å². The van der Waals surface area contributed by atoms with Crippen LogP contribution < -0.4 is 4.74 Å². The maximum atomic E-state index is 14.3. The van der Waals surface area contributed by atoms with E-state index in [1.165, 1.54) is 16.2 Å². The number of amides is 1. The number of carbonyl (C=O) groups is 3. The van der Waals surface area contributed by atoms with E-state index in [2.05, 4.69) is 4.98 Å². The number of carbonyl (C=O) groups excluding carboxylic acids is 2. The van der Waals surface area contributed by atoms with Gasteiger partial charge in [-0.3, -0.25) is 14.4 Å². The molecular weight excluding hydrogens is 624 g/mol. The second-order valence-electron chi connectivity index (χ2n) is 12.7. The number of allylic oxidation sites excluding steroid dienone is 2. The van der Waals surface area contributed by atoms with Crippen molar-refractivity contribution in [3.63, 3.8) is 0 Å². The average molecular weight is 659 g/mol. The minimum absolute atomic E-state index is 0.0298. The molecule has 7 nitrogen and oxygen atoms in total. The van der Waals surface area contributed by atoms with Crippen LogP contribution in [0.25, 0.3) is 10.2 Å². The summed E-state index contributed by atoms with van der Waals surface area (Å²) in [5, 5.41) is 10.5. The van der Waals surface area contributed by atoms with Gasteiger partial charge in [0.05, 0.1) is 33.8 Å². The fourth-order valence-corrected chi connectivity index (χ4v) is 7.75. The first-order valence-electron chi connectivity index (χ1n) is 15.5. The number of ether oxygens (including phenoxy) is 1. The van der Waals surface area contributed by atoms with Crippen molar-refractivity contribution in [1.29, 1.82) is 0 Å². The van der Waals surface area contributed by atoms with Gasteiger partial charge < -0.3 is 14.7 Å². The van der Waals surface area contributed by atoms with Crippen molar-refractivity contribution < 1.29 is 41.8 Å². The number of thiazole rings is 1. The molecule has 244 valence electrons. The van der Waals surface area contributed by atoms with Gasteiger partial charge in [0, 0.05) is 18.8 Å². The van der Waals surface area contributed by atoms with E-state index in [9.17, 15) is 37.1 Å². The zero-order valence-electron chi connectivity index (χ0n) is 25.0. The minimum Gasteiger partial charge on any atom is -0.481 e. The molecule has 6 rings (SSSR count). The summed E-state index contributed by atoms with van der Waals surface area (Å²) in [5.74, 6) is -4.01. The van der Waals surface area contributed by atoms with Crippen LogP contribution in [-0.4, -0.2) is 51.3 Å². The number of fused-ring (bicyclic) bond motifs is 3. The van der Waals surface area contributed by atoms with Crippen LogP contribution in [0.2, 0.25) is 0 Å². The molecule has 1 aliphatic carbocycles. The third-order valence-electron chi connectivity index (χ3n) is 9.42. The SMILES string of the molecule is O=C1C[C@]2(C(=O)O)C[C@@H]2/C=C\CCCCC[C@H](Cc2cc(F)cc(C(F)(F)F)c2)C(=O)N2C[C@H](Oc3nc4ccccc4s3)C[C@@H]12.